The molecule has 1 aliphatic heterocycles. The minimum Gasteiger partial charge on any atom is -0.356 e. The summed E-state index contributed by atoms with van der Waals surface area (Å²) in [6.07, 6.45) is 22.3. The zero-order valence-corrected chi connectivity index (χ0v) is 19.9. The van der Waals surface area contributed by atoms with Crippen LogP contribution in [0.3, 0.4) is 0 Å². The normalized spacial score (nSPS) is 16.9. The second-order valence-electron chi connectivity index (χ2n) is 8.78. The highest BCUT2D eigenvalue weighted by Gasteiger charge is 2.14. The lowest BCUT2D eigenvalue weighted by atomic mass is 10.0. The lowest BCUT2D eigenvalue weighted by Crippen LogP contribution is -2.48. The number of carbonyl (C=O) groups is 1. The maximum absolute atomic E-state index is 12.5. The van der Waals surface area contributed by atoms with Crippen molar-refractivity contribution in [3.63, 3.8) is 0 Å². The molecule has 1 heterocycles. The summed E-state index contributed by atoms with van der Waals surface area (Å²) in [5.41, 5.74) is 0.890. The van der Waals surface area contributed by atoms with E-state index in [1.54, 1.807) is 0 Å². The van der Waals surface area contributed by atoms with Crippen molar-refractivity contribution in [2.24, 2.45) is 0 Å². The molecule has 1 fully saturated rings. The van der Waals surface area contributed by atoms with Gasteiger partial charge in [-0.05, 0) is 51.9 Å². The van der Waals surface area contributed by atoms with Crippen LogP contribution < -0.4 is 10.6 Å². The Kier molecular flexibility index (Phi) is 16.6. The zero-order valence-electron chi connectivity index (χ0n) is 19.9. The van der Waals surface area contributed by atoms with Gasteiger partial charge < -0.3 is 15.6 Å². The number of unbranched alkanes of at least 4 members (excludes halogenated alkanes) is 6. The van der Waals surface area contributed by atoms with Gasteiger partial charge in [-0.3, -0.25) is 10.7 Å². The molecule has 178 valence electrons. The number of rotatable bonds is 13. The number of hydrogen-bond acceptors (Lipinski definition) is 3. The van der Waals surface area contributed by atoms with Gasteiger partial charge >= 0.3 is 6.03 Å². The molecule has 4 N–H and O–H groups in total. The average Bonchev–Trinajstić information content (AvgIpc) is 2.76. The maximum Gasteiger partial charge on any atom is 0.324 e. The molecule has 0 spiro atoms. The summed E-state index contributed by atoms with van der Waals surface area (Å²) in [5, 5.41) is 21.6. The van der Waals surface area contributed by atoms with Crippen LogP contribution in [-0.2, 0) is 0 Å². The van der Waals surface area contributed by atoms with E-state index in [0.29, 0.717) is 0 Å². The molecule has 0 atom stereocenters. The molecule has 6 heteroatoms. The summed E-state index contributed by atoms with van der Waals surface area (Å²) >= 11 is 0. The van der Waals surface area contributed by atoms with Crippen molar-refractivity contribution < 1.29 is 4.79 Å². The summed E-state index contributed by atoms with van der Waals surface area (Å²) in [6, 6.07) is -0.131. The van der Waals surface area contributed by atoms with E-state index in [-0.39, 0.29) is 12.0 Å². The van der Waals surface area contributed by atoms with Gasteiger partial charge in [0.1, 0.15) is 0 Å². The molecule has 0 aromatic carbocycles. The Morgan fingerprint density at radius 3 is 2.32 bits per heavy atom. The fraction of sp³-hybridized carbons (Fsp3) is 0.800. The van der Waals surface area contributed by atoms with E-state index in [0.717, 1.165) is 76.7 Å². The van der Waals surface area contributed by atoms with Crippen molar-refractivity contribution in [2.45, 2.75) is 110 Å². The number of nitrogens with zero attached hydrogens (tertiary/aromatic N) is 1. The molecule has 31 heavy (non-hydrogen) atoms. The number of allylic oxidation sites excluding steroid dienone is 2. The van der Waals surface area contributed by atoms with E-state index in [9.17, 15) is 4.79 Å². The number of carbonyl (C=O) groups excluding carboxylic acids is 1. The van der Waals surface area contributed by atoms with E-state index in [1.165, 1.54) is 51.4 Å². The molecule has 0 radical (unpaired) electrons. The Balaban J connectivity index is 2.13. The van der Waals surface area contributed by atoms with E-state index in [2.05, 4.69) is 22.8 Å². The number of urea groups is 1. The van der Waals surface area contributed by atoms with Crippen LogP contribution in [-0.4, -0.2) is 42.2 Å². The van der Waals surface area contributed by atoms with E-state index in [1.807, 2.05) is 11.8 Å². The lowest BCUT2D eigenvalue weighted by Gasteiger charge is -2.23. The van der Waals surface area contributed by atoms with Gasteiger partial charge in [0.05, 0.1) is 0 Å². The molecule has 0 aromatic heterocycles. The minimum atomic E-state index is -0.131. The first-order chi connectivity index (χ1) is 15.1. The summed E-state index contributed by atoms with van der Waals surface area (Å²) in [4.78, 5) is 14.4. The highest BCUT2D eigenvalue weighted by atomic mass is 16.2. The molecular formula is C25H47N5O. The van der Waals surface area contributed by atoms with Crippen LogP contribution in [0.5, 0.6) is 0 Å². The van der Waals surface area contributed by atoms with Crippen LogP contribution in [0.15, 0.2) is 12.2 Å². The van der Waals surface area contributed by atoms with Crippen LogP contribution in [0.25, 0.3) is 0 Å². The van der Waals surface area contributed by atoms with Gasteiger partial charge in [0, 0.05) is 25.3 Å². The van der Waals surface area contributed by atoms with Crippen LogP contribution in [0, 0.1) is 10.8 Å². The van der Waals surface area contributed by atoms with Crippen LogP contribution in [0.1, 0.15) is 110 Å². The molecule has 1 saturated heterocycles. The summed E-state index contributed by atoms with van der Waals surface area (Å²) in [6.45, 7) is 4.36. The molecule has 0 aromatic rings. The summed E-state index contributed by atoms with van der Waals surface area (Å²) in [5.74, 6) is 0.129. The Bertz CT molecular complexity index is 532. The first-order valence-electron chi connectivity index (χ1n) is 12.7. The third kappa shape index (κ3) is 15.6. The number of nitrogens with one attached hydrogen (secondary N) is 4. The zero-order chi connectivity index (χ0) is 22.6. The van der Waals surface area contributed by atoms with Gasteiger partial charge in [0.15, 0.2) is 5.96 Å². The predicted octanol–water partition coefficient (Wildman–Crippen LogP) is 6.37. The molecule has 0 unspecified atom stereocenters. The molecule has 1 rings (SSSR count). The van der Waals surface area contributed by atoms with Crippen molar-refractivity contribution in [3.8, 4) is 0 Å². The van der Waals surface area contributed by atoms with Crippen molar-refractivity contribution in [2.75, 3.05) is 19.6 Å². The Morgan fingerprint density at radius 2 is 1.58 bits per heavy atom. The molecule has 0 saturated carbocycles. The fourth-order valence-corrected chi connectivity index (χ4v) is 3.97. The molecule has 0 bridgehead atoms. The number of hydrogen-bond donors (Lipinski definition) is 4. The van der Waals surface area contributed by atoms with Gasteiger partial charge in [-0.2, -0.15) is 0 Å². The van der Waals surface area contributed by atoms with Gasteiger partial charge in [-0.1, -0.05) is 69.9 Å². The van der Waals surface area contributed by atoms with Crippen LogP contribution in [0.4, 0.5) is 4.79 Å². The highest BCUT2D eigenvalue weighted by Crippen LogP contribution is 2.12. The van der Waals surface area contributed by atoms with Gasteiger partial charge in [0.2, 0.25) is 0 Å². The van der Waals surface area contributed by atoms with Crippen molar-refractivity contribution in [3.05, 3.63) is 12.2 Å². The first-order valence-corrected chi connectivity index (χ1v) is 12.7. The van der Waals surface area contributed by atoms with Crippen LogP contribution >= 0.6 is 0 Å². The Morgan fingerprint density at radius 1 is 0.935 bits per heavy atom. The number of guanidine groups is 1. The SMILES string of the molecule is C/C=C/CCC(=N)CCCCCCCCCN1CCCCCCCCNC(=N)NC1=O. The van der Waals surface area contributed by atoms with E-state index in [4.69, 9.17) is 10.8 Å². The number of amides is 2. The molecule has 2 amide bonds. The Labute approximate surface area is 190 Å². The Hall–Kier alpha value is -1.85. The molecule has 6 nitrogen and oxygen atoms in total. The second-order valence-corrected chi connectivity index (χ2v) is 8.78. The first kappa shape index (κ1) is 27.2. The third-order valence-corrected chi connectivity index (χ3v) is 5.93. The fourth-order valence-electron chi connectivity index (χ4n) is 3.97. The van der Waals surface area contributed by atoms with Crippen molar-refractivity contribution in [1.29, 1.82) is 10.8 Å². The van der Waals surface area contributed by atoms with Crippen LogP contribution in [0.2, 0.25) is 0 Å². The monoisotopic (exact) mass is 433 g/mol. The predicted molar refractivity (Wildman–Crippen MR) is 132 cm³/mol. The molecule has 1 aliphatic rings. The minimum absolute atomic E-state index is 0.129. The second kappa shape index (κ2) is 18.9. The molecular weight excluding hydrogens is 386 g/mol. The summed E-state index contributed by atoms with van der Waals surface area (Å²) < 4.78 is 0. The van der Waals surface area contributed by atoms with Gasteiger partial charge in [-0.25, -0.2) is 4.79 Å². The smallest absolute Gasteiger partial charge is 0.324 e. The molecule has 0 aliphatic carbocycles. The van der Waals surface area contributed by atoms with Crippen molar-refractivity contribution in [1.82, 2.24) is 15.5 Å². The topological polar surface area (TPSA) is 92.1 Å². The van der Waals surface area contributed by atoms with Gasteiger partial charge in [-0.15, -0.1) is 0 Å². The standard InChI is InChI=1S/C25H47N5O/c1-2-3-13-18-23(26)19-14-9-5-4-7-11-16-21-30-22-17-12-8-6-10-15-20-28-24(27)29-25(30)31/h2-3,26H,4-22H2,1H3,(H3,27,28,29,31)/b3-2+,26-23?. The average molecular weight is 434 g/mol. The van der Waals surface area contributed by atoms with Gasteiger partial charge in [0.25, 0.3) is 0 Å². The highest BCUT2D eigenvalue weighted by molar-refractivity contribution is 5.94. The third-order valence-electron chi connectivity index (χ3n) is 5.93. The van der Waals surface area contributed by atoms with E-state index < -0.39 is 0 Å². The quantitative estimate of drug-likeness (QED) is 0.154. The maximum atomic E-state index is 12.5. The largest absolute Gasteiger partial charge is 0.356 e. The summed E-state index contributed by atoms with van der Waals surface area (Å²) in [7, 11) is 0. The van der Waals surface area contributed by atoms with E-state index >= 15 is 0 Å². The lowest BCUT2D eigenvalue weighted by molar-refractivity contribution is 0.200. The van der Waals surface area contributed by atoms with Crippen molar-refractivity contribution >= 4 is 17.7 Å².